The highest BCUT2D eigenvalue weighted by Crippen LogP contribution is 2.39. The van der Waals surface area contributed by atoms with Crippen LogP contribution in [0.4, 0.5) is 0 Å². The van der Waals surface area contributed by atoms with Crippen LogP contribution in [-0.4, -0.2) is 15.4 Å². The Bertz CT molecular complexity index is 415. The average molecular weight is 313 g/mol. The third kappa shape index (κ3) is 3.43. The second kappa shape index (κ2) is 5.25. The maximum absolute atomic E-state index is 6.10. The summed E-state index contributed by atoms with van der Waals surface area (Å²) in [5, 5.41) is 2.11. The van der Waals surface area contributed by atoms with Gasteiger partial charge in [0, 0.05) is 0 Å². The van der Waals surface area contributed by atoms with E-state index in [1.807, 2.05) is 30.3 Å². The quantitative estimate of drug-likeness (QED) is 0.749. The van der Waals surface area contributed by atoms with Gasteiger partial charge in [-0.05, 0) is 5.56 Å². The number of nitrogens with zero attached hydrogens (tertiary/aromatic N) is 1. The zero-order valence-electron chi connectivity index (χ0n) is 8.62. The molecule has 0 spiro atoms. The molecule has 0 N–H and O–H groups in total. The van der Waals surface area contributed by atoms with Gasteiger partial charge in [0.15, 0.2) is 0 Å². The van der Waals surface area contributed by atoms with Gasteiger partial charge in [-0.3, -0.25) is 0 Å². The highest BCUT2D eigenvalue weighted by atomic mass is 35.6. The van der Waals surface area contributed by atoms with E-state index in [-0.39, 0.29) is 12.6 Å². The Kier molecular flexibility index (Phi) is 4.11. The van der Waals surface area contributed by atoms with Crippen molar-refractivity contribution in [3.63, 3.8) is 0 Å². The molecule has 1 atom stereocenters. The topological polar surface area (TPSA) is 12.5 Å². The van der Waals surface area contributed by atoms with E-state index in [1.165, 1.54) is 6.26 Å². The molecular weight excluding hydrogens is 304 g/mol. The van der Waals surface area contributed by atoms with E-state index in [2.05, 4.69) is 0 Å². The second-order valence-electron chi connectivity index (χ2n) is 3.61. The van der Waals surface area contributed by atoms with Gasteiger partial charge in [0.05, 0.1) is 11.6 Å². The lowest BCUT2D eigenvalue weighted by Gasteiger charge is -2.26. The Morgan fingerprint density at radius 2 is 1.82 bits per heavy atom. The first-order chi connectivity index (χ1) is 7.97. The van der Waals surface area contributed by atoms with Gasteiger partial charge in [0.2, 0.25) is 3.79 Å². The van der Waals surface area contributed by atoms with E-state index in [0.29, 0.717) is 5.03 Å². The van der Waals surface area contributed by atoms with Crippen molar-refractivity contribution in [2.75, 3.05) is 6.54 Å². The number of rotatable bonds is 2. The smallest absolute Gasteiger partial charge is 0.206 e. The summed E-state index contributed by atoms with van der Waals surface area (Å²) in [5.41, 5.74) is 0.987. The highest BCUT2D eigenvalue weighted by molar-refractivity contribution is 6.67. The first kappa shape index (κ1) is 13.3. The molecule has 0 saturated carbocycles. The molecule has 0 aromatic heterocycles. The van der Waals surface area contributed by atoms with Gasteiger partial charge in [-0.15, -0.1) is 5.06 Å². The molecule has 2 rings (SSSR count). The van der Waals surface area contributed by atoms with E-state index < -0.39 is 3.79 Å². The Morgan fingerprint density at radius 1 is 1.18 bits per heavy atom. The molecule has 92 valence electrons. The van der Waals surface area contributed by atoms with Gasteiger partial charge in [0.25, 0.3) is 0 Å². The highest BCUT2D eigenvalue weighted by Gasteiger charge is 2.35. The fraction of sp³-hybridized carbons (Fsp3) is 0.273. The van der Waals surface area contributed by atoms with E-state index in [1.54, 1.807) is 5.06 Å². The van der Waals surface area contributed by atoms with Gasteiger partial charge in [-0.25, -0.2) is 0 Å². The minimum absolute atomic E-state index is 0.129. The van der Waals surface area contributed by atoms with E-state index in [4.69, 9.17) is 51.2 Å². The first-order valence-electron chi connectivity index (χ1n) is 4.88. The van der Waals surface area contributed by atoms with Crippen molar-refractivity contribution in [3.8, 4) is 0 Å². The van der Waals surface area contributed by atoms with Crippen molar-refractivity contribution >= 4 is 46.4 Å². The molecule has 0 bridgehead atoms. The molecular formula is C11H9Cl4NO. The van der Waals surface area contributed by atoms with Crippen LogP contribution in [0.25, 0.3) is 0 Å². The molecule has 1 aliphatic heterocycles. The third-order valence-corrected chi connectivity index (χ3v) is 2.95. The van der Waals surface area contributed by atoms with E-state index in [0.717, 1.165) is 5.56 Å². The van der Waals surface area contributed by atoms with Crippen LogP contribution in [0.15, 0.2) is 41.6 Å². The lowest BCUT2D eigenvalue weighted by atomic mass is 10.1. The summed E-state index contributed by atoms with van der Waals surface area (Å²) in [6, 6.07) is 9.43. The molecule has 17 heavy (non-hydrogen) atoms. The zero-order chi connectivity index (χ0) is 12.5. The Hall–Kier alpha value is -0.120. The molecule has 1 aromatic carbocycles. The summed E-state index contributed by atoms with van der Waals surface area (Å²) in [6.07, 6.45) is 1.45. The normalized spacial score (nSPS) is 21.2. The number of halogens is 4. The molecule has 2 nitrogen and oxygen atoms in total. The summed E-state index contributed by atoms with van der Waals surface area (Å²) in [5.74, 6) is 0. The van der Waals surface area contributed by atoms with Crippen molar-refractivity contribution in [3.05, 3.63) is 47.2 Å². The largest absolute Gasteiger partial charge is 0.411 e. The Labute approximate surface area is 120 Å². The van der Waals surface area contributed by atoms with Crippen LogP contribution in [0.5, 0.6) is 0 Å². The molecule has 0 fully saturated rings. The summed E-state index contributed by atoms with van der Waals surface area (Å²) >= 11 is 23.4. The van der Waals surface area contributed by atoms with Gasteiger partial charge in [-0.2, -0.15) is 0 Å². The predicted octanol–water partition coefficient (Wildman–Crippen LogP) is 4.43. The van der Waals surface area contributed by atoms with Gasteiger partial charge >= 0.3 is 0 Å². The molecule has 0 amide bonds. The fourth-order valence-corrected chi connectivity index (χ4v) is 2.28. The maximum Gasteiger partial charge on any atom is 0.206 e. The zero-order valence-corrected chi connectivity index (χ0v) is 11.6. The first-order valence-corrected chi connectivity index (χ1v) is 6.39. The molecule has 0 radical (unpaired) electrons. The summed E-state index contributed by atoms with van der Waals surface area (Å²) in [4.78, 5) is 5.29. The predicted molar refractivity (Wildman–Crippen MR) is 71.2 cm³/mol. The minimum Gasteiger partial charge on any atom is -0.411 e. The van der Waals surface area contributed by atoms with Crippen LogP contribution >= 0.6 is 46.4 Å². The molecule has 1 unspecified atom stereocenters. The number of alkyl halides is 3. The lowest BCUT2D eigenvalue weighted by Crippen LogP contribution is -2.32. The van der Waals surface area contributed by atoms with Crippen LogP contribution < -0.4 is 0 Å². The van der Waals surface area contributed by atoms with Crippen LogP contribution in [0.1, 0.15) is 11.6 Å². The molecule has 0 aliphatic carbocycles. The van der Waals surface area contributed by atoms with Crippen molar-refractivity contribution in [1.29, 1.82) is 0 Å². The standard InChI is InChI=1S/C11H9Cl4NO/c12-9-6-17-16(7-11(13,14)15)10(9)8-4-2-1-3-5-8/h1-6,10H,7H2. The number of hydrogen-bond acceptors (Lipinski definition) is 2. The summed E-state index contributed by atoms with van der Waals surface area (Å²) in [6.45, 7) is 0.129. The van der Waals surface area contributed by atoms with Crippen molar-refractivity contribution < 1.29 is 4.84 Å². The molecule has 0 saturated heterocycles. The SMILES string of the molecule is ClC1=CON(CC(Cl)(Cl)Cl)C1c1ccccc1. The van der Waals surface area contributed by atoms with Crippen LogP contribution in [0, 0.1) is 0 Å². The fourth-order valence-electron chi connectivity index (χ4n) is 1.65. The second-order valence-corrected chi connectivity index (χ2v) is 6.56. The molecule has 1 heterocycles. The van der Waals surface area contributed by atoms with Crippen LogP contribution in [-0.2, 0) is 4.84 Å². The average Bonchev–Trinajstić information content (AvgIpc) is 2.58. The molecule has 1 aromatic rings. The summed E-state index contributed by atoms with van der Waals surface area (Å²) < 4.78 is -1.41. The third-order valence-electron chi connectivity index (χ3n) is 2.30. The van der Waals surface area contributed by atoms with Gasteiger partial charge in [0.1, 0.15) is 12.3 Å². The van der Waals surface area contributed by atoms with E-state index >= 15 is 0 Å². The minimum atomic E-state index is -1.41. The number of hydrogen-bond donors (Lipinski definition) is 0. The van der Waals surface area contributed by atoms with Crippen LogP contribution in [0.3, 0.4) is 0 Å². The van der Waals surface area contributed by atoms with E-state index in [9.17, 15) is 0 Å². The number of benzene rings is 1. The lowest BCUT2D eigenvalue weighted by molar-refractivity contribution is -0.104. The maximum atomic E-state index is 6.10. The molecule has 1 aliphatic rings. The Morgan fingerprint density at radius 3 is 2.41 bits per heavy atom. The number of hydroxylamine groups is 2. The monoisotopic (exact) mass is 311 g/mol. The van der Waals surface area contributed by atoms with Crippen LogP contribution in [0.2, 0.25) is 0 Å². The van der Waals surface area contributed by atoms with Crippen molar-refractivity contribution in [2.24, 2.45) is 0 Å². The van der Waals surface area contributed by atoms with Gasteiger partial charge < -0.3 is 4.84 Å². The van der Waals surface area contributed by atoms with Crippen molar-refractivity contribution in [2.45, 2.75) is 9.83 Å². The molecule has 6 heteroatoms. The van der Waals surface area contributed by atoms with Crippen molar-refractivity contribution in [1.82, 2.24) is 5.06 Å². The Balaban J connectivity index is 2.21. The van der Waals surface area contributed by atoms with Gasteiger partial charge in [-0.1, -0.05) is 76.7 Å². The summed E-state index contributed by atoms with van der Waals surface area (Å²) in [7, 11) is 0.